The highest BCUT2D eigenvalue weighted by Gasteiger charge is 2.22. The van der Waals surface area contributed by atoms with Crippen LogP contribution in [-0.2, 0) is 0 Å². The number of nitrogens with one attached hydrogen (secondary N) is 1. The van der Waals surface area contributed by atoms with Gasteiger partial charge in [-0.15, -0.1) is 0 Å². The molecule has 28 heavy (non-hydrogen) atoms. The lowest BCUT2D eigenvalue weighted by atomic mass is 9.81. The predicted molar refractivity (Wildman–Crippen MR) is 110 cm³/mol. The van der Waals surface area contributed by atoms with E-state index in [1.807, 2.05) is 18.2 Å². The van der Waals surface area contributed by atoms with Gasteiger partial charge in [0, 0.05) is 24.5 Å². The summed E-state index contributed by atoms with van der Waals surface area (Å²) in [5.41, 5.74) is 9.04. The molecule has 2 atom stereocenters. The van der Waals surface area contributed by atoms with Crippen LogP contribution in [-0.4, -0.2) is 32.3 Å². The van der Waals surface area contributed by atoms with Crippen molar-refractivity contribution in [3.05, 3.63) is 36.2 Å². The van der Waals surface area contributed by atoms with Crippen LogP contribution >= 0.6 is 0 Å². The van der Waals surface area contributed by atoms with Crippen LogP contribution in [0.25, 0.3) is 11.1 Å². The largest absolute Gasteiger partial charge is 0.493 e. The standard InChI is InChI=1S/C22H28N4O2/c1-27-20-7-6-17(9-21(20)28-2)19-14-25-13-18(11-24)22(19)26-12-16-5-3-4-15(8-16)10-23/h6-7,9,13-16H,3-5,8,10,12,23H2,1-2H3,(H,25,26). The fraction of sp³-hybridized carbons (Fsp3) is 0.455. The number of ether oxygens (including phenoxy) is 2. The molecule has 2 aromatic rings. The van der Waals surface area contributed by atoms with Crippen molar-refractivity contribution in [1.29, 1.82) is 5.26 Å². The number of pyridine rings is 1. The molecular weight excluding hydrogens is 352 g/mol. The molecule has 6 heteroatoms. The Morgan fingerprint density at radius 1 is 1.18 bits per heavy atom. The molecule has 0 spiro atoms. The molecule has 0 bridgehead atoms. The highest BCUT2D eigenvalue weighted by Crippen LogP contribution is 2.37. The van der Waals surface area contributed by atoms with Gasteiger partial charge in [0.2, 0.25) is 0 Å². The second-order valence-corrected chi connectivity index (χ2v) is 7.31. The molecular formula is C22H28N4O2. The van der Waals surface area contributed by atoms with Gasteiger partial charge in [-0.3, -0.25) is 4.98 Å². The third-order valence-corrected chi connectivity index (χ3v) is 5.55. The molecule has 2 unspecified atom stereocenters. The van der Waals surface area contributed by atoms with E-state index in [-0.39, 0.29) is 0 Å². The summed E-state index contributed by atoms with van der Waals surface area (Å²) in [5, 5.41) is 13.1. The highest BCUT2D eigenvalue weighted by atomic mass is 16.5. The molecule has 1 aliphatic rings. The lowest BCUT2D eigenvalue weighted by Gasteiger charge is -2.29. The number of rotatable bonds is 7. The summed E-state index contributed by atoms with van der Waals surface area (Å²) in [5.74, 6) is 2.49. The number of nitrogens with zero attached hydrogens (tertiary/aromatic N) is 2. The van der Waals surface area contributed by atoms with Gasteiger partial charge in [-0.2, -0.15) is 5.26 Å². The smallest absolute Gasteiger partial charge is 0.161 e. The molecule has 1 aliphatic carbocycles. The van der Waals surface area contributed by atoms with Crippen molar-refractivity contribution in [1.82, 2.24) is 4.98 Å². The third-order valence-electron chi connectivity index (χ3n) is 5.55. The Morgan fingerprint density at radius 2 is 1.96 bits per heavy atom. The topological polar surface area (TPSA) is 93.2 Å². The SMILES string of the molecule is COc1ccc(-c2cncc(C#N)c2NCC2CCCC(CN)C2)cc1OC. The van der Waals surface area contributed by atoms with Gasteiger partial charge < -0.3 is 20.5 Å². The first-order valence-corrected chi connectivity index (χ1v) is 9.74. The Labute approximate surface area is 166 Å². The van der Waals surface area contributed by atoms with E-state index in [9.17, 15) is 5.26 Å². The van der Waals surface area contributed by atoms with Crippen molar-refractivity contribution in [3.63, 3.8) is 0 Å². The maximum absolute atomic E-state index is 9.60. The van der Waals surface area contributed by atoms with Gasteiger partial charge >= 0.3 is 0 Å². The molecule has 0 aliphatic heterocycles. The molecule has 1 heterocycles. The molecule has 1 fully saturated rings. The Hall–Kier alpha value is -2.78. The highest BCUT2D eigenvalue weighted by molar-refractivity contribution is 5.82. The molecule has 1 aromatic heterocycles. The van der Waals surface area contributed by atoms with E-state index in [4.69, 9.17) is 15.2 Å². The first-order valence-electron chi connectivity index (χ1n) is 9.74. The van der Waals surface area contributed by atoms with E-state index in [0.717, 1.165) is 36.3 Å². The zero-order valence-electron chi connectivity index (χ0n) is 16.6. The van der Waals surface area contributed by atoms with Gasteiger partial charge in [0.15, 0.2) is 11.5 Å². The molecule has 3 rings (SSSR count). The minimum Gasteiger partial charge on any atom is -0.493 e. The minimum absolute atomic E-state index is 0.540. The van der Waals surface area contributed by atoms with Gasteiger partial charge in [0.25, 0.3) is 0 Å². The quantitative estimate of drug-likeness (QED) is 0.759. The number of anilines is 1. The van der Waals surface area contributed by atoms with Crippen LogP contribution in [0.4, 0.5) is 5.69 Å². The van der Waals surface area contributed by atoms with E-state index in [1.54, 1.807) is 26.6 Å². The van der Waals surface area contributed by atoms with E-state index in [2.05, 4.69) is 16.4 Å². The van der Waals surface area contributed by atoms with Crippen molar-refractivity contribution in [2.24, 2.45) is 17.6 Å². The van der Waals surface area contributed by atoms with Crippen molar-refractivity contribution in [2.75, 3.05) is 32.6 Å². The second-order valence-electron chi connectivity index (χ2n) is 7.31. The van der Waals surface area contributed by atoms with Gasteiger partial charge in [0.1, 0.15) is 6.07 Å². The van der Waals surface area contributed by atoms with E-state index in [1.165, 1.54) is 19.3 Å². The van der Waals surface area contributed by atoms with Crippen LogP contribution in [0.5, 0.6) is 11.5 Å². The second kappa shape index (κ2) is 9.43. The van der Waals surface area contributed by atoms with E-state index < -0.39 is 0 Å². The monoisotopic (exact) mass is 380 g/mol. The fourth-order valence-corrected chi connectivity index (χ4v) is 4.01. The van der Waals surface area contributed by atoms with Crippen LogP contribution in [0.15, 0.2) is 30.6 Å². The van der Waals surface area contributed by atoms with Gasteiger partial charge in [-0.1, -0.05) is 12.5 Å². The van der Waals surface area contributed by atoms with E-state index >= 15 is 0 Å². The van der Waals surface area contributed by atoms with Crippen LogP contribution in [0.3, 0.4) is 0 Å². The lowest BCUT2D eigenvalue weighted by molar-refractivity contribution is 0.282. The van der Waals surface area contributed by atoms with Gasteiger partial charge in [0.05, 0.1) is 25.5 Å². The molecule has 6 nitrogen and oxygen atoms in total. The minimum atomic E-state index is 0.540. The first-order chi connectivity index (χ1) is 13.7. The van der Waals surface area contributed by atoms with Gasteiger partial charge in [-0.25, -0.2) is 0 Å². The number of nitriles is 1. The summed E-state index contributed by atoms with van der Waals surface area (Å²) in [6, 6.07) is 7.99. The van der Waals surface area contributed by atoms with Crippen molar-refractivity contribution in [2.45, 2.75) is 25.7 Å². The number of benzene rings is 1. The maximum atomic E-state index is 9.60. The van der Waals surface area contributed by atoms with Crippen LogP contribution in [0.2, 0.25) is 0 Å². The molecule has 0 saturated heterocycles. The summed E-state index contributed by atoms with van der Waals surface area (Å²) in [4.78, 5) is 4.26. The number of hydrogen-bond acceptors (Lipinski definition) is 6. The first kappa shape index (κ1) is 20.0. The Morgan fingerprint density at radius 3 is 2.68 bits per heavy atom. The van der Waals surface area contributed by atoms with Crippen LogP contribution in [0, 0.1) is 23.2 Å². The van der Waals surface area contributed by atoms with Crippen LogP contribution in [0.1, 0.15) is 31.2 Å². The Bertz CT molecular complexity index is 847. The fourth-order valence-electron chi connectivity index (χ4n) is 4.01. The molecule has 1 aromatic carbocycles. The zero-order chi connectivity index (χ0) is 19.9. The number of methoxy groups -OCH3 is 2. The Kier molecular flexibility index (Phi) is 6.72. The van der Waals surface area contributed by atoms with Crippen molar-refractivity contribution >= 4 is 5.69 Å². The molecule has 148 valence electrons. The van der Waals surface area contributed by atoms with E-state index in [0.29, 0.717) is 28.9 Å². The number of aromatic nitrogens is 1. The van der Waals surface area contributed by atoms with Crippen LogP contribution < -0.4 is 20.5 Å². The molecule has 0 amide bonds. The molecule has 3 N–H and O–H groups in total. The maximum Gasteiger partial charge on any atom is 0.161 e. The zero-order valence-corrected chi connectivity index (χ0v) is 16.6. The summed E-state index contributed by atoms with van der Waals surface area (Å²) >= 11 is 0. The van der Waals surface area contributed by atoms with Crippen molar-refractivity contribution < 1.29 is 9.47 Å². The predicted octanol–water partition coefficient (Wildman–Crippen LogP) is 3.81. The van der Waals surface area contributed by atoms with Crippen molar-refractivity contribution in [3.8, 4) is 28.7 Å². The normalized spacial score (nSPS) is 18.9. The average molecular weight is 380 g/mol. The lowest BCUT2D eigenvalue weighted by Crippen LogP contribution is -2.26. The number of nitrogens with two attached hydrogens (primary N) is 1. The average Bonchev–Trinajstić information content (AvgIpc) is 2.76. The Balaban J connectivity index is 1.88. The molecule has 0 radical (unpaired) electrons. The van der Waals surface area contributed by atoms with Gasteiger partial charge in [-0.05, 0) is 55.3 Å². The number of hydrogen-bond donors (Lipinski definition) is 2. The summed E-state index contributed by atoms with van der Waals surface area (Å²) in [7, 11) is 3.23. The third kappa shape index (κ3) is 4.37. The summed E-state index contributed by atoms with van der Waals surface area (Å²) in [6.07, 6.45) is 8.18. The summed E-state index contributed by atoms with van der Waals surface area (Å²) < 4.78 is 10.8. The summed E-state index contributed by atoms with van der Waals surface area (Å²) in [6.45, 7) is 1.58. The molecule has 1 saturated carbocycles.